The summed E-state index contributed by atoms with van der Waals surface area (Å²) in [6.45, 7) is 8.98. The van der Waals surface area contributed by atoms with Crippen LogP contribution in [0.25, 0.3) is 0 Å². The van der Waals surface area contributed by atoms with Crippen molar-refractivity contribution in [3.8, 4) is 0 Å². The van der Waals surface area contributed by atoms with Gasteiger partial charge in [0.15, 0.2) is 0 Å². The van der Waals surface area contributed by atoms with Gasteiger partial charge in [-0.2, -0.15) is 0 Å². The van der Waals surface area contributed by atoms with Gasteiger partial charge in [0.25, 0.3) is 0 Å². The molecule has 0 amide bonds. The number of hydrogen-bond donors (Lipinski definition) is 0. The van der Waals surface area contributed by atoms with Crippen LogP contribution < -0.4 is 0 Å². The van der Waals surface area contributed by atoms with E-state index in [1.165, 1.54) is 22.3 Å². The van der Waals surface area contributed by atoms with Gasteiger partial charge in [-0.15, -0.1) is 11.6 Å². The van der Waals surface area contributed by atoms with E-state index < -0.39 is 0 Å². The van der Waals surface area contributed by atoms with E-state index in [1.807, 2.05) is 0 Å². The van der Waals surface area contributed by atoms with Crippen molar-refractivity contribution in [1.29, 1.82) is 0 Å². The van der Waals surface area contributed by atoms with E-state index in [0.29, 0.717) is 0 Å². The predicted octanol–water partition coefficient (Wildman–Crippen LogP) is 6.26. The molecule has 0 N–H and O–H groups in total. The highest BCUT2D eigenvalue weighted by Gasteiger charge is 2.19. The van der Waals surface area contributed by atoms with Crippen molar-refractivity contribution in [3.05, 3.63) is 70.8 Å². The number of hydrogen-bond acceptors (Lipinski definition) is 0. The molecule has 0 aliphatic heterocycles. The summed E-state index contributed by atoms with van der Waals surface area (Å²) in [6.07, 6.45) is 2.15. The molecule has 0 saturated heterocycles. The summed E-state index contributed by atoms with van der Waals surface area (Å²) in [7, 11) is 0. The number of benzene rings is 2. The van der Waals surface area contributed by atoms with Gasteiger partial charge in [0.05, 0.1) is 5.38 Å². The molecule has 1 unspecified atom stereocenters. The number of alkyl halides is 1. The average molecular weight is 301 g/mol. The Morgan fingerprint density at radius 1 is 0.952 bits per heavy atom. The van der Waals surface area contributed by atoms with E-state index in [0.717, 1.165) is 12.8 Å². The van der Waals surface area contributed by atoms with E-state index in [1.54, 1.807) is 0 Å². The molecule has 0 saturated carbocycles. The molecule has 1 atom stereocenters. The molecule has 0 spiro atoms. The highest BCUT2D eigenvalue weighted by Crippen LogP contribution is 2.33. The zero-order chi connectivity index (χ0) is 15.5. The van der Waals surface area contributed by atoms with Gasteiger partial charge in [-0.25, -0.2) is 0 Å². The third-order valence-electron chi connectivity index (χ3n) is 4.58. The fourth-order valence-electron chi connectivity index (χ4n) is 2.59. The van der Waals surface area contributed by atoms with Gasteiger partial charge in [-0.05, 0) is 40.5 Å². The Morgan fingerprint density at radius 3 is 2.14 bits per heavy atom. The molecule has 0 aromatic heterocycles. The monoisotopic (exact) mass is 300 g/mol. The fourth-order valence-corrected chi connectivity index (χ4v) is 2.95. The van der Waals surface area contributed by atoms with E-state index >= 15 is 0 Å². The largest absolute Gasteiger partial charge is 0.113 e. The van der Waals surface area contributed by atoms with Crippen molar-refractivity contribution in [1.82, 2.24) is 0 Å². The summed E-state index contributed by atoms with van der Waals surface area (Å²) in [6, 6.07) is 17.3. The van der Waals surface area contributed by atoms with Gasteiger partial charge in [0.1, 0.15) is 0 Å². The zero-order valence-electron chi connectivity index (χ0n) is 13.5. The smallest absolute Gasteiger partial charge is 0.0838 e. The summed E-state index contributed by atoms with van der Waals surface area (Å²) in [5.41, 5.74) is 5.33. The fraction of sp³-hybridized carbons (Fsp3) is 0.400. The SMILES string of the molecule is CCc1ccccc1C(Cl)c1ccc(C(C)(C)CC)cc1. The standard InChI is InChI=1S/C20H25Cl/c1-5-15-9-7-8-10-18(15)19(21)16-11-13-17(14-12-16)20(3,4)6-2/h7-14,19H,5-6H2,1-4H3. The third-order valence-corrected chi connectivity index (χ3v) is 5.06. The molecule has 0 aliphatic rings. The van der Waals surface area contributed by atoms with Crippen LogP contribution in [0.3, 0.4) is 0 Å². The van der Waals surface area contributed by atoms with Crippen LogP contribution in [0.5, 0.6) is 0 Å². The summed E-state index contributed by atoms with van der Waals surface area (Å²) in [4.78, 5) is 0. The molecular weight excluding hydrogens is 276 g/mol. The zero-order valence-corrected chi connectivity index (χ0v) is 14.2. The van der Waals surface area contributed by atoms with E-state index in [-0.39, 0.29) is 10.8 Å². The Hall–Kier alpha value is -1.27. The molecule has 21 heavy (non-hydrogen) atoms. The van der Waals surface area contributed by atoms with Gasteiger partial charge < -0.3 is 0 Å². The Balaban J connectivity index is 2.30. The van der Waals surface area contributed by atoms with E-state index in [4.69, 9.17) is 11.6 Å². The van der Waals surface area contributed by atoms with Crippen molar-refractivity contribution in [2.75, 3.05) is 0 Å². The van der Waals surface area contributed by atoms with Crippen molar-refractivity contribution < 1.29 is 0 Å². The number of aryl methyl sites for hydroxylation is 1. The number of rotatable bonds is 5. The van der Waals surface area contributed by atoms with Crippen LogP contribution in [0.15, 0.2) is 48.5 Å². The first-order valence-electron chi connectivity index (χ1n) is 7.82. The Morgan fingerprint density at radius 2 is 1.57 bits per heavy atom. The van der Waals surface area contributed by atoms with Crippen LogP contribution >= 0.6 is 11.6 Å². The second kappa shape index (κ2) is 6.66. The summed E-state index contributed by atoms with van der Waals surface area (Å²) < 4.78 is 0. The van der Waals surface area contributed by atoms with Gasteiger partial charge in [-0.3, -0.25) is 0 Å². The lowest BCUT2D eigenvalue weighted by atomic mass is 9.82. The molecule has 0 radical (unpaired) electrons. The van der Waals surface area contributed by atoms with E-state index in [9.17, 15) is 0 Å². The maximum absolute atomic E-state index is 6.72. The molecule has 2 rings (SSSR count). The highest BCUT2D eigenvalue weighted by molar-refractivity contribution is 6.22. The van der Waals surface area contributed by atoms with Crippen LogP contribution in [0.4, 0.5) is 0 Å². The third kappa shape index (κ3) is 3.49. The Kier molecular flexibility index (Phi) is 5.11. The molecule has 2 aromatic rings. The second-order valence-electron chi connectivity index (χ2n) is 6.27. The summed E-state index contributed by atoms with van der Waals surface area (Å²) in [5, 5.41) is -0.0695. The van der Waals surface area contributed by atoms with Crippen molar-refractivity contribution >= 4 is 11.6 Å². The normalized spacial score (nSPS) is 13.2. The quantitative estimate of drug-likeness (QED) is 0.571. The van der Waals surface area contributed by atoms with Crippen LogP contribution in [-0.4, -0.2) is 0 Å². The minimum atomic E-state index is -0.0695. The lowest BCUT2D eigenvalue weighted by Crippen LogP contribution is -2.15. The first-order chi connectivity index (χ1) is 9.99. The van der Waals surface area contributed by atoms with Crippen molar-refractivity contribution in [2.45, 2.75) is 51.3 Å². The maximum atomic E-state index is 6.72. The molecule has 0 nitrogen and oxygen atoms in total. The highest BCUT2D eigenvalue weighted by atomic mass is 35.5. The Labute approximate surface area is 134 Å². The summed E-state index contributed by atoms with van der Waals surface area (Å²) in [5.74, 6) is 0. The van der Waals surface area contributed by atoms with Crippen LogP contribution in [0, 0.1) is 0 Å². The first-order valence-corrected chi connectivity index (χ1v) is 8.25. The molecule has 112 valence electrons. The van der Waals surface area contributed by atoms with Crippen molar-refractivity contribution in [3.63, 3.8) is 0 Å². The predicted molar refractivity (Wildman–Crippen MR) is 93.3 cm³/mol. The van der Waals surface area contributed by atoms with Crippen LogP contribution in [0.2, 0.25) is 0 Å². The van der Waals surface area contributed by atoms with Gasteiger partial charge in [-0.1, -0.05) is 76.2 Å². The molecule has 0 bridgehead atoms. The molecule has 0 fully saturated rings. The minimum Gasteiger partial charge on any atom is -0.113 e. The first kappa shape index (κ1) is 16.1. The second-order valence-corrected chi connectivity index (χ2v) is 6.71. The van der Waals surface area contributed by atoms with Crippen LogP contribution in [-0.2, 0) is 11.8 Å². The Bertz CT molecular complexity index is 581. The average Bonchev–Trinajstić information content (AvgIpc) is 2.54. The number of halogens is 1. The van der Waals surface area contributed by atoms with Gasteiger partial charge in [0, 0.05) is 0 Å². The maximum Gasteiger partial charge on any atom is 0.0838 e. The molecule has 2 aromatic carbocycles. The molecule has 1 heteroatoms. The topological polar surface area (TPSA) is 0 Å². The van der Waals surface area contributed by atoms with Gasteiger partial charge >= 0.3 is 0 Å². The van der Waals surface area contributed by atoms with Crippen LogP contribution in [0.1, 0.15) is 61.7 Å². The summed E-state index contributed by atoms with van der Waals surface area (Å²) >= 11 is 6.72. The lowest BCUT2D eigenvalue weighted by Gasteiger charge is -2.24. The van der Waals surface area contributed by atoms with E-state index in [2.05, 4.69) is 76.2 Å². The minimum absolute atomic E-state index is 0.0695. The van der Waals surface area contributed by atoms with Crippen molar-refractivity contribution in [2.24, 2.45) is 0 Å². The molecule has 0 heterocycles. The lowest BCUT2D eigenvalue weighted by molar-refractivity contribution is 0.506. The molecule has 0 aliphatic carbocycles. The molecular formula is C20H25Cl. The van der Waals surface area contributed by atoms with Gasteiger partial charge in [0.2, 0.25) is 0 Å².